The van der Waals surface area contributed by atoms with Crippen molar-refractivity contribution in [2.24, 2.45) is 0 Å². The van der Waals surface area contributed by atoms with E-state index in [1.165, 1.54) is 5.56 Å². The first-order chi connectivity index (χ1) is 6.27. The second-order valence-electron chi connectivity index (χ2n) is 3.84. The minimum absolute atomic E-state index is 0.149. The van der Waals surface area contributed by atoms with Gasteiger partial charge in [-0.1, -0.05) is 12.5 Å². The van der Waals surface area contributed by atoms with Crippen LogP contribution in [0.3, 0.4) is 0 Å². The van der Waals surface area contributed by atoms with Gasteiger partial charge in [-0.2, -0.15) is 0 Å². The summed E-state index contributed by atoms with van der Waals surface area (Å²) in [5.74, 6) is 0.327. The molecule has 2 heteroatoms. The van der Waals surface area contributed by atoms with E-state index in [0.717, 1.165) is 25.0 Å². The summed E-state index contributed by atoms with van der Waals surface area (Å²) in [6.07, 6.45) is 4.93. The van der Waals surface area contributed by atoms with Crippen molar-refractivity contribution in [1.29, 1.82) is 0 Å². The molecule has 13 heavy (non-hydrogen) atoms. The van der Waals surface area contributed by atoms with Gasteiger partial charge in [-0.3, -0.25) is 4.98 Å². The van der Waals surface area contributed by atoms with Crippen LogP contribution in [0.25, 0.3) is 0 Å². The fourth-order valence-electron chi connectivity index (χ4n) is 2.03. The molecular formula is C11H15NO. The van der Waals surface area contributed by atoms with Gasteiger partial charge in [-0.25, -0.2) is 0 Å². The first-order valence-electron chi connectivity index (χ1n) is 4.88. The Bertz CT molecular complexity index is 281. The Morgan fingerprint density at radius 2 is 2.23 bits per heavy atom. The van der Waals surface area contributed by atoms with Crippen LogP contribution in [0.15, 0.2) is 18.3 Å². The normalized spacial score (nSPS) is 27.8. The second-order valence-corrected chi connectivity index (χ2v) is 3.84. The van der Waals surface area contributed by atoms with Crippen molar-refractivity contribution in [1.82, 2.24) is 4.98 Å². The SMILES string of the molecule is Cc1ccc(C2CCCC2O)cn1. The first-order valence-corrected chi connectivity index (χ1v) is 4.88. The molecule has 0 saturated heterocycles. The molecule has 0 bridgehead atoms. The number of aliphatic hydroxyl groups excluding tert-OH is 1. The second kappa shape index (κ2) is 3.46. The van der Waals surface area contributed by atoms with Crippen LogP contribution >= 0.6 is 0 Å². The zero-order valence-electron chi connectivity index (χ0n) is 7.90. The van der Waals surface area contributed by atoms with Crippen LogP contribution in [0.4, 0.5) is 0 Å². The molecule has 2 atom stereocenters. The molecule has 2 unspecified atom stereocenters. The lowest BCUT2D eigenvalue weighted by atomic mass is 9.97. The van der Waals surface area contributed by atoms with Gasteiger partial charge in [-0.15, -0.1) is 0 Å². The molecule has 1 N–H and O–H groups in total. The fourth-order valence-corrected chi connectivity index (χ4v) is 2.03. The van der Waals surface area contributed by atoms with E-state index in [1.54, 1.807) is 0 Å². The number of aliphatic hydroxyl groups is 1. The van der Waals surface area contributed by atoms with Crippen molar-refractivity contribution in [3.8, 4) is 0 Å². The van der Waals surface area contributed by atoms with Crippen molar-refractivity contribution < 1.29 is 5.11 Å². The number of rotatable bonds is 1. The molecule has 1 aliphatic carbocycles. The highest BCUT2D eigenvalue weighted by atomic mass is 16.3. The monoisotopic (exact) mass is 177 g/mol. The highest BCUT2D eigenvalue weighted by molar-refractivity contribution is 5.20. The lowest BCUT2D eigenvalue weighted by molar-refractivity contribution is 0.163. The molecule has 1 aliphatic rings. The van der Waals surface area contributed by atoms with E-state index in [4.69, 9.17) is 0 Å². The Balaban J connectivity index is 2.20. The molecular weight excluding hydrogens is 162 g/mol. The Hall–Kier alpha value is -0.890. The number of pyridine rings is 1. The fraction of sp³-hybridized carbons (Fsp3) is 0.545. The summed E-state index contributed by atoms with van der Waals surface area (Å²) in [6, 6.07) is 4.10. The molecule has 0 amide bonds. The number of aryl methyl sites for hydroxylation is 1. The van der Waals surface area contributed by atoms with Crippen molar-refractivity contribution in [2.75, 3.05) is 0 Å². The van der Waals surface area contributed by atoms with E-state index in [9.17, 15) is 5.11 Å². The van der Waals surface area contributed by atoms with Crippen LogP contribution in [0.1, 0.15) is 36.4 Å². The molecule has 0 radical (unpaired) electrons. The van der Waals surface area contributed by atoms with E-state index in [0.29, 0.717) is 5.92 Å². The summed E-state index contributed by atoms with van der Waals surface area (Å²) in [7, 11) is 0. The van der Waals surface area contributed by atoms with Crippen LogP contribution in [0, 0.1) is 6.92 Å². The van der Waals surface area contributed by atoms with Crippen LogP contribution < -0.4 is 0 Å². The zero-order valence-corrected chi connectivity index (χ0v) is 7.90. The van der Waals surface area contributed by atoms with Crippen LogP contribution in [0.5, 0.6) is 0 Å². The predicted molar refractivity (Wildman–Crippen MR) is 51.6 cm³/mol. The van der Waals surface area contributed by atoms with E-state index >= 15 is 0 Å². The van der Waals surface area contributed by atoms with Gasteiger partial charge in [0, 0.05) is 17.8 Å². The molecule has 2 nitrogen and oxygen atoms in total. The molecule has 1 aromatic rings. The predicted octanol–water partition coefficient (Wildman–Crippen LogP) is 2.02. The van der Waals surface area contributed by atoms with Gasteiger partial charge in [0.2, 0.25) is 0 Å². The van der Waals surface area contributed by atoms with E-state index < -0.39 is 0 Å². The Labute approximate surface area is 78.6 Å². The lowest BCUT2D eigenvalue weighted by Crippen LogP contribution is -2.11. The Morgan fingerprint density at radius 3 is 2.77 bits per heavy atom. The lowest BCUT2D eigenvalue weighted by Gasteiger charge is -2.13. The van der Waals surface area contributed by atoms with Gasteiger partial charge >= 0.3 is 0 Å². The standard InChI is InChI=1S/C11H15NO/c1-8-5-6-9(7-12-8)10-3-2-4-11(10)13/h5-7,10-11,13H,2-4H2,1H3. The van der Waals surface area contributed by atoms with Gasteiger partial charge in [0.15, 0.2) is 0 Å². The molecule has 0 aromatic carbocycles. The maximum atomic E-state index is 9.68. The van der Waals surface area contributed by atoms with Crippen molar-refractivity contribution in [3.63, 3.8) is 0 Å². The summed E-state index contributed by atoms with van der Waals surface area (Å²) >= 11 is 0. The van der Waals surface area contributed by atoms with Crippen LogP contribution in [0.2, 0.25) is 0 Å². The maximum Gasteiger partial charge on any atom is 0.0609 e. The minimum atomic E-state index is -0.149. The summed E-state index contributed by atoms with van der Waals surface area (Å²) in [6.45, 7) is 1.98. The summed E-state index contributed by atoms with van der Waals surface area (Å²) in [5, 5.41) is 9.68. The van der Waals surface area contributed by atoms with Crippen LogP contribution in [-0.2, 0) is 0 Å². The summed E-state index contributed by atoms with van der Waals surface area (Å²) in [5.41, 5.74) is 2.23. The highest BCUT2D eigenvalue weighted by Crippen LogP contribution is 2.33. The quantitative estimate of drug-likeness (QED) is 0.712. The molecule has 0 spiro atoms. The largest absolute Gasteiger partial charge is 0.392 e. The van der Waals surface area contributed by atoms with Gasteiger partial charge in [0.25, 0.3) is 0 Å². The third-order valence-electron chi connectivity index (χ3n) is 2.84. The molecule has 70 valence electrons. The summed E-state index contributed by atoms with van der Waals surface area (Å²) < 4.78 is 0. The third kappa shape index (κ3) is 1.73. The number of hydrogen-bond acceptors (Lipinski definition) is 2. The van der Waals surface area contributed by atoms with Crippen LogP contribution in [-0.4, -0.2) is 16.2 Å². The van der Waals surface area contributed by atoms with Gasteiger partial charge in [-0.05, 0) is 31.4 Å². The molecule has 1 heterocycles. The number of aromatic nitrogens is 1. The van der Waals surface area contributed by atoms with Gasteiger partial charge in [0.1, 0.15) is 0 Å². The average Bonchev–Trinajstić information content (AvgIpc) is 2.53. The number of hydrogen-bond donors (Lipinski definition) is 1. The third-order valence-corrected chi connectivity index (χ3v) is 2.84. The van der Waals surface area contributed by atoms with E-state index in [1.807, 2.05) is 19.2 Å². The zero-order chi connectivity index (χ0) is 9.26. The highest BCUT2D eigenvalue weighted by Gasteiger charge is 2.26. The van der Waals surface area contributed by atoms with Crippen molar-refractivity contribution >= 4 is 0 Å². The molecule has 1 fully saturated rings. The molecule has 2 rings (SSSR count). The summed E-state index contributed by atoms with van der Waals surface area (Å²) in [4.78, 5) is 4.25. The molecule has 1 aromatic heterocycles. The topological polar surface area (TPSA) is 33.1 Å². The smallest absolute Gasteiger partial charge is 0.0609 e. The van der Waals surface area contributed by atoms with Gasteiger partial charge < -0.3 is 5.11 Å². The number of nitrogens with zero attached hydrogens (tertiary/aromatic N) is 1. The van der Waals surface area contributed by atoms with Gasteiger partial charge in [0.05, 0.1) is 6.10 Å². The minimum Gasteiger partial charge on any atom is -0.392 e. The van der Waals surface area contributed by atoms with Crippen molar-refractivity contribution in [3.05, 3.63) is 29.6 Å². The van der Waals surface area contributed by atoms with Crippen molar-refractivity contribution in [2.45, 2.75) is 38.2 Å². The maximum absolute atomic E-state index is 9.68. The first kappa shape index (κ1) is 8.70. The average molecular weight is 177 g/mol. The Morgan fingerprint density at radius 1 is 1.38 bits per heavy atom. The van der Waals surface area contributed by atoms with E-state index in [-0.39, 0.29) is 6.10 Å². The molecule has 1 saturated carbocycles. The Kier molecular flexibility index (Phi) is 2.32. The molecule has 0 aliphatic heterocycles. The van der Waals surface area contributed by atoms with E-state index in [2.05, 4.69) is 11.1 Å².